The highest BCUT2D eigenvalue weighted by atomic mass is 79.9. The number of amides is 1. The van der Waals surface area contributed by atoms with Gasteiger partial charge in [-0.1, -0.05) is 6.92 Å². The van der Waals surface area contributed by atoms with Gasteiger partial charge < -0.3 is 5.73 Å². The lowest BCUT2D eigenvalue weighted by atomic mass is 10.2. The van der Waals surface area contributed by atoms with Gasteiger partial charge in [-0.05, 0) is 34.1 Å². The molecule has 5 N–H and O–H groups in total. The molecular weight excluding hydrogens is 290 g/mol. The van der Waals surface area contributed by atoms with Crippen molar-refractivity contribution in [2.75, 3.05) is 11.5 Å². The summed E-state index contributed by atoms with van der Waals surface area (Å²) >= 11 is 5.01. The molecule has 0 saturated carbocycles. The Labute approximate surface area is 107 Å². The highest BCUT2D eigenvalue weighted by molar-refractivity contribution is 9.10. The molecule has 0 saturated heterocycles. The third-order valence-corrected chi connectivity index (χ3v) is 4.29. The van der Waals surface area contributed by atoms with Gasteiger partial charge in [0, 0.05) is 26.7 Å². The number of anilines is 1. The molecular formula is C10H14BrN3OS. The molecule has 4 nitrogen and oxygen atoms in total. The second-order valence-corrected chi connectivity index (χ2v) is 5.33. The molecule has 6 heteroatoms. The fourth-order valence-corrected chi connectivity index (χ4v) is 2.75. The SMILES string of the molecule is CC(CSc1ccc(N)cc1Br)C(=O)NN. The third kappa shape index (κ3) is 3.70. The van der Waals surface area contributed by atoms with Crippen molar-refractivity contribution in [1.29, 1.82) is 0 Å². The van der Waals surface area contributed by atoms with E-state index in [9.17, 15) is 4.79 Å². The molecule has 1 rings (SSSR count). The van der Waals surface area contributed by atoms with Crippen molar-refractivity contribution in [2.45, 2.75) is 11.8 Å². The maximum absolute atomic E-state index is 11.2. The number of carbonyl (C=O) groups is 1. The Bertz CT molecular complexity index is 386. The number of nitrogens with one attached hydrogen (secondary N) is 1. The molecule has 1 unspecified atom stereocenters. The molecule has 1 atom stereocenters. The van der Waals surface area contributed by atoms with Crippen molar-refractivity contribution in [2.24, 2.45) is 11.8 Å². The number of nitrogen functional groups attached to an aromatic ring is 1. The van der Waals surface area contributed by atoms with Crippen LogP contribution in [0.4, 0.5) is 5.69 Å². The van der Waals surface area contributed by atoms with Gasteiger partial charge in [0.15, 0.2) is 0 Å². The molecule has 0 aliphatic carbocycles. The Morgan fingerprint density at radius 3 is 2.88 bits per heavy atom. The monoisotopic (exact) mass is 303 g/mol. The van der Waals surface area contributed by atoms with Gasteiger partial charge in [0.25, 0.3) is 0 Å². The molecule has 1 aromatic rings. The smallest absolute Gasteiger partial charge is 0.237 e. The molecule has 1 aromatic carbocycles. The van der Waals surface area contributed by atoms with E-state index in [0.29, 0.717) is 11.4 Å². The molecule has 88 valence electrons. The van der Waals surface area contributed by atoms with Gasteiger partial charge in [-0.2, -0.15) is 0 Å². The van der Waals surface area contributed by atoms with Crippen LogP contribution in [0.2, 0.25) is 0 Å². The van der Waals surface area contributed by atoms with Crippen LogP contribution in [0.15, 0.2) is 27.6 Å². The predicted octanol–water partition coefficient (Wildman–Crippen LogP) is 1.75. The number of thioether (sulfide) groups is 1. The van der Waals surface area contributed by atoms with Crippen LogP contribution in [0.5, 0.6) is 0 Å². The van der Waals surface area contributed by atoms with Gasteiger partial charge in [-0.3, -0.25) is 10.2 Å². The lowest BCUT2D eigenvalue weighted by molar-refractivity contribution is -0.123. The first-order valence-electron chi connectivity index (χ1n) is 4.73. The Morgan fingerprint density at radius 2 is 2.31 bits per heavy atom. The molecule has 0 heterocycles. The summed E-state index contributed by atoms with van der Waals surface area (Å²) in [5, 5.41) is 0. The van der Waals surface area contributed by atoms with Crippen LogP contribution in [-0.2, 0) is 4.79 Å². The van der Waals surface area contributed by atoms with E-state index in [1.165, 1.54) is 0 Å². The summed E-state index contributed by atoms with van der Waals surface area (Å²) in [7, 11) is 0. The van der Waals surface area contributed by atoms with Gasteiger partial charge in [-0.25, -0.2) is 5.84 Å². The number of nitrogens with two attached hydrogens (primary N) is 2. The summed E-state index contributed by atoms with van der Waals surface area (Å²) < 4.78 is 0.942. The number of hydrogen-bond acceptors (Lipinski definition) is 4. The molecule has 16 heavy (non-hydrogen) atoms. The largest absolute Gasteiger partial charge is 0.399 e. The number of rotatable bonds is 4. The van der Waals surface area contributed by atoms with Crippen molar-refractivity contribution >= 4 is 39.3 Å². The summed E-state index contributed by atoms with van der Waals surface area (Å²) in [5.74, 6) is 5.45. The van der Waals surface area contributed by atoms with Crippen LogP contribution < -0.4 is 17.0 Å². The van der Waals surface area contributed by atoms with Gasteiger partial charge in [0.05, 0.1) is 0 Å². The number of carbonyl (C=O) groups excluding carboxylic acids is 1. The van der Waals surface area contributed by atoms with Gasteiger partial charge in [-0.15, -0.1) is 11.8 Å². The summed E-state index contributed by atoms with van der Waals surface area (Å²) in [6, 6.07) is 5.61. The zero-order valence-corrected chi connectivity index (χ0v) is 11.3. The van der Waals surface area contributed by atoms with Gasteiger partial charge >= 0.3 is 0 Å². The van der Waals surface area contributed by atoms with Gasteiger partial charge in [0.2, 0.25) is 5.91 Å². The third-order valence-electron chi connectivity index (χ3n) is 2.03. The topological polar surface area (TPSA) is 81.1 Å². The minimum Gasteiger partial charge on any atom is -0.399 e. The van der Waals surface area contributed by atoms with Crippen LogP contribution >= 0.6 is 27.7 Å². The van der Waals surface area contributed by atoms with Crippen molar-refractivity contribution in [3.8, 4) is 0 Å². The van der Waals surface area contributed by atoms with E-state index in [4.69, 9.17) is 11.6 Å². The fraction of sp³-hybridized carbons (Fsp3) is 0.300. The Kier molecular flexibility index (Phi) is 5.11. The number of hydrogen-bond donors (Lipinski definition) is 3. The van der Waals surface area contributed by atoms with Crippen molar-refractivity contribution in [1.82, 2.24) is 5.43 Å². The zero-order valence-electron chi connectivity index (χ0n) is 8.87. The normalized spacial score (nSPS) is 12.2. The van der Waals surface area contributed by atoms with Crippen LogP contribution in [-0.4, -0.2) is 11.7 Å². The van der Waals surface area contributed by atoms with E-state index in [-0.39, 0.29) is 11.8 Å². The summed E-state index contributed by atoms with van der Waals surface area (Å²) in [6.07, 6.45) is 0. The maximum Gasteiger partial charge on any atom is 0.237 e. The number of hydrazine groups is 1. The highest BCUT2D eigenvalue weighted by Crippen LogP contribution is 2.30. The lowest BCUT2D eigenvalue weighted by Gasteiger charge is -2.10. The van der Waals surface area contributed by atoms with E-state index in [1.54, 1.807) is 11.8 Å². The first kappa shape index (κ1) is 13.3. The van der Waals surface area contributed by atoms with Gasteiger partial charge in [0.1, 0.15) is 0 Å². The van der Waals surface area contributed by atoms with Crippen LogP contribution in [0, 0.1) is 5.92 Å². The Morgan fingerprint density at radius 1 is 1.62 bits per heavy atom. The average molecular weight is 304 g/mol. The summed E-state index contributed by atoms with van der Waals surface area (Å²) in [4.78, 5) is 12.3. The quantitative estimate of drug-likeness (QED) is 0.260. The maximum atomic E-state index is 11.2. The highest BCUT2D eigenvalue weighted by Gasteiger charge is 2.12. The van der Waals surface area contributed by atoms with Crippen molar-refractivity contribution < 1.29 is 4.79 Å². The van der Waals surface area contributed by atoms with Crippen LogP contribution in [0.25, 0.3) is 0 Å². The second-order valence-electron chi connectivity index (χ2n) is 3.41. The first-order valence-corrected chi connectivity index (χ1v) is 6.50. The second kappa shape index (κ2) is 6.12. The van der Waals surface area contributed by atoms with Crippen molar-refractivity contribution in [3.05, 3.63) is 22.7 Å². The first-order chi connectivity index (χ1) is 7.54. The molecule has 0 aliphatic heterocycles. The molecule has 0 radical (unpaired) electrons. The average Bonchev–Trinajstić information content (AvgIpc) is 2.26. The van der Waals surface area contributed by atoms with E-state index in [0.717, 1.165) is 9.37 Å². The summed E-state index contributed by atoms with van der Waals surface area (Å²) in [5.41, 5.74) is 8.49. The number of halogens is 1. The minimum atomic E-state index is -0.154. The fourth-order valence-electron chi connectivity index (χ4n) is 1.07. The van der Waals surface area contributed by atoms with E-state index in [1.807, 2.05) is 25.1 Å². The Balaban J connectivity index is 2.58. The molecule has 0 aromatic heterocycles. The van der Waals surface area contributed by atoms with Crippen LogP contribution in [0.1, 0.15) is 6.92 Å². The van der Waals surface area contributed by atoms with Crippen molar-refractivity contribution in [3.63, 3.8) is 0 Å². The van der Waals surface area contributed by atoms with Crippen LogP contribution in [0.3, 0.4) is 0 Å². The molecule has 0 bridgehead atoms. The standard InChI is InChI=1S/C10H14BrN3OS/c1-6(10(15)14-13)5-16-9-3-2-7(12)4-8(9)11/h2-4,6H,5,12-13H2,1H3,(H,14,15). The minimum absolute atomic E-state index is 0.126. The van der Waals surface area contributed by atoms with E-state index in [2.05, 4.69) is 21.4 Å². The summed E-state index contributed by atoms with van der Waals surface area (Å²) in [6.45, 7) is 1.83. The number of benzene rings is 1. The van der Waals surface area contributed by atoms with E-state index < -0.39 is 0 Å². The van der Waals surface area contributed by atoms with E-state index >= 15 is 0 Å². The zero-order chi connectivity index (χ0) is 12.1. The lowest BCUT2D eigenvalue weighted by Crippen LogP contribution is -2.35. The predicted molar refractivity (Wildman–Crippen MR) is 70.8 cm³/mol. The molecule has 0 fully saturated rings. The molecule has 0 spiro atoms. The molecule has 1 amide bonds. The molecule has 0 aliphatic rings. The Hall–Kier alpha value is -0.720.